The maximum atomic E-state index is 11.4. The van der Waals surface area contributed by atoms with Crippen molar-refractivity contribution in [2.75, 3.05) is 31.6 Å². The molecule has 0 spiro atoms. The number of aromatic nitrogens is 1. The Labute approximate surface area is 102 Å². The van der Waals surface area contributed by atoms with Crippen molar-refractivity contribution in [1.29, 1.82) is 0 Å². The van der Waals surface area contributed by atoms with Crippen molar-refractivity contribution in [3.63, 3.8) is 0 Å². The van der Waals surface area contributed by atoms with E-state index in [1.54, 1.807) is 19.2 Å². The first-order valence-electron chi connectivity index (χ1n) is 6.00. The van der Waals surface area contributed by atoms with Gasteiger partial charge < -0.3 is 9.80 Å². The second-order valence-electron chi connectivity index (χ2n) is 4.76. The second kappa shape index (κ2) is 4.84. The average molecular weight is 233 g/mol. The molecule has 0 bridgehead atoms. The molecule has 1 aromatic rings. The molecule has 0 aliphatic carbocycles. The molecule has 1 aliphatic rings. The Morgan fingerprint density at radius 3 is 2.88 bits per heavy atom. The Morgan fingerprint density at radius 1 is 1.47 bits per heavy atom. The largest absolute Gasteiger partial charge is 0.351 e. The number of ketones is 1. The van der Waals surface area contributed by atoms with Crippen LogP contribution in [0.1, 0.15) is 24.2 Å². The van der Waals surface area contributed by atoms with Gasteiger partial charge in [-0.3, -0.25) is 4.79 Å². The summed E-state index contributed by atoms with van der Waals surface area (Å²) < 4.78 is 0. The Kier molecular flexibility index (Phi) is 3.43. The summed E-state index contributed by atoms with van der Waals surface area (Å²) in [5.41, 5.74) is 0.737. The van der Waals surface area contributed by atoms with Gasteiger partial charge in [0.2, 0.25) is 0 Å². The summed E-state index contributed by atoms with van der Waals surface area (Å²) in [5, 5.41) is 0. The van der Waals surface area contributed by atoms with Gasteiger partial charge in [-0.15, -0.1) is 0 Å². The molecule has 0 radical (unpaired) electrons. The van der Waals surface area contributed by atoms with Gasteiger partial charge >= 0.3 is 0 Å². The molecule has 2 heterocycles. The van der Waals surface area contributed by atoms with E-state index in [1.165, 1.54) is 0 Å². The van der Waals surface area contributed by atoms with E-state index in [2.05, 4.69) is 28.8 Å². The Bertz CT molecular complexity index is 419. The van der Waals surface area contributed by atoms with Gasteiger partial charge in [0.25, 0.3) is 0 Å². The minimum Gasteiger partial charge on any atom is -0.351 e. The molecule has 4 nitrogen and oxygen atoms in total. The summed E-state index contributed by atoms with van der Waals surface area (Å²) in [6.07, 6.45) is 1.72. The van der Waals surface area contributed by atoms with E-state index in [4.69, 9.17) is 0 Å². The highest BCUT2D eigenvalue weighted by Gasteiger charge is 2.22. The Balaban J connectivity index is 2.22. The van der Waals surface area contributed by atoms with Crippen LogP contribution in [-0.4, -0.2) is 48.4 Å². The number of piperazine rings is 1. The fraction of sp³-hybridized carbons (Fsp3) is 0.538. The van der Waals surface area contributed by atoms with E-state index < -0.39 is 0 Å². The van der Waals surface area contributed by atoms with Crippen LogP contribution in [0.4, 0.5) is 5.82 Å². The second-order valence-corrected chi connectivity index (χ2v) is 4.76. The summed E-state index contributed by atoms with van der Waals surface area (Å²) in [4.78, 5) is 20.3. The van der Waals surface area contributed by atoms with E-state index in [0.29, 0.717) is 6.04 Å². The fourth-order valence-electron chi connectivity index (χ4n) is 2.27. The van der Waals surface area contributed by atoms with E-state index in [0.717, 1.165) is 31.0 Å². The molecule has 1 aromatic heterocycles. The SMILES string of the molecule is CC(=O)c1ccnc(N2CCN(C)CC2C)c1. The highest BCUT2D eigenvalue weighted by Crippen LogP contribution is 2.18. The number of nitrogens with zero attached hydrogens (tertiary/aromatic N) is 3. The van der Waals surface area contributed by atoms with Crippen molar-refractivity contribution in [2.45, 2.75) is 19.9 Å². The van der Waals surface area contributed by atoms with Crippen LogP contribution >= 0.6 is 0 Å². The molecule has 0 saturated carbocycles. The quantitative estimate of drug-likeness (QED) is 0.724. The number of hydrogen-bond acceptors (Lipinski definition) is 4. The van der Waals surface area contributed by atoms with Gasteiger partial charge in [-0.25, -0.2) is 4.98 Å². The predicted molar refractivity (Wildman–Crippen MR) is 68.5 cm³/mol. The number of Topliss-reactive ketones (excluding diaryl/α,β-unsaturated/α-hetero) is 1. The van der Waals surface area contributed by atoms with Gasteiger partial charge in [-0.1, -0.05) is 0 Å². The van der Waals surface area contributed by atoms with Crippen molar-refractivity contribution >= 4 is 11.6 Å². The number of pyridine rings is 1. The summed E-state index contributed by atoms with van der Waals surface area (Å²) in [5.74, 6) is 1.01. The van der Waals surface area contributed by atoms with Crippen molar-refractivity contribution < 1.29 is 4.79 Å². The predicted octanol–water partition coefficient (Wildman–Crippen LogP) is 1.42. The molecule has 0 amide bonds. The molecular formula is C13H19N3O. The zero-order valence-corrected chi connectivity index (χ0v) is 10.7. The van der Waals surface area contributed by atoms with Crippen LogP contribution in [0.2, 0.25) is 0 Å². The Hall–Kier alpha value is -1.42. The van der Waals surface area contributed by atoms with E-state index >= 15 is 0 Å². The van der Waals surface area contributed by atoms with Gasteiger partial charge in [0.15, 0.2) is 5.78 Å². The fourth-order valence-corrected chi connectivity index (χ4v) is 2.27. The third-order valence-corrected chi connectivity index (χ3v) is 3.28. The molecule has 1 unspecified atom stereocenters. The number of carbonyl (C=O) groups excluding carboxylic acids is 1. The molecule has 4 heteroatoms. The standard InChI is InChI=1S/C13H19N3O/c1-10-9-15(3)6-7-16(10)13-8-12(11(2)17)4-5-14-13/h4-5,8,10H,6-7,9H2,1-3H3. The van der Waals surface area contributed by atoms with Crippen molar-refractivity contribution in [3.8, 4) is 0 Å². The third kappa shape index (κ3) is 2.64. The molecule has 1 saturated heterocycles. The van der Waals surface area contributed by atoms with Crippen molar-refractivity contribution in [3.05, 3.63) is 23.9 Å². The lowest BCUT2D eigenvalue weighted by atomic mass is 10.1. The molecule has 17 heavy (non-hydrogen) atoms. The first-order chi connectivity index (χ1) is 8.08. The number of carbonyl (C=O) groups is 1. The topological polar surface area (TPSA) is 36.4 Å². The molecule has 92 valence electrons. The average Bonchev–Trinajstić information content (AvgIpc) is 2.29. The molecule has 2 rings (SSSR count). The van der Waals surface area contributed by atoms with Gasteiger partial charge in [-0.05, 0) is 33.0 Å². The lowest BCUT2D eigenvalue weighted by Gasteiger charge is -2.39. The van der Waals surface area contributed by atoms with Crippen LogP contribution in [0.3, 0.4) is 0 Å². The highest BCUT2D eigenvalue weighted by molar-refractivity contribution is 5.94. The molecule has 1 fully saturated rings. The normalized spacial score (nSPS) is 21.6. The van der Waals surface area contributed by atoms with Crippen LogP contribution in [0.5, 0.6) is 0 Å². The molecule has 1 aliphatic heterocycles. The van der Waals surface area contributed by atoms with Crippen LogP contribution in [0.25, 0.3) is 0 Å². The lowest BCUT2D eigenvalue weighted by Crippen LogP contribution is -2.50. The summed E-state index contributed by atoms with van der Waals surface area (Å²) in [6, 6.07) is 4.10. The first kappa shape index (κ1) is 12.0. The number of rotatable bonds is 2. The molecule has 0 aromatic carbocycles. The Morgan fingerprint density at radius 2 is 2.24 bits per heavy atom. The van der Waals surface area contributed by atoms with Crippen LogP contribution in [0, 0.1) is 0 Å². The zero-order valence-electron chi connectivity index (χ0n) is 10.7. The van der Waals surface area contributed by atoms with Gasteiger partial charge in [0, 0.05) is 37.4 Å². The van der Waals surface area contributed by atoms with E-state index in [-0.39, 0.29) is 5.78 Å². The maximum absolute atomic E-state index is 11.4. The molecular weight excluding hydrogens is 214 g/mol. The zero-order chi connectivity index (χ0) is 12.4. The number of anilines is 1. The van der Waals surface area contributed by atoms with Crippen LogP contribution < -0.4 is 4.90 Å². The molecule has 0 N–H and O–H groups in total. The summed E-state index contributed by atoms with van der Waals surface area (Å²) in [7, 11) is 2.13. The van der Waals surface area contributed by atoms with Crippen molar-refractivity contribution in [1.82, 2.24) is 9.88 Å². The number of hydrogen-bond donors (Lipinski definition) is 0. The monoisotopic (exact) mass is 233 g/mol. The van der Waals surface area contributed by atoms with Gasteiger partial charge in [-0.2, -0.15) is 0 Å². The van der Waals surface area contributed by atoms with Crippen LogP contribution in [0.15, 0.2) is 18.3 Å². The summed E-state index contributed by atoms with van der Waals surface area (Å²) >= 11 is 0. The van der Waals surface area contributed by atoms with Gasteiger partial charge in [0.05, 0.1) is 0 Å². The minimum atomic E-state index is 0.0930. The lowest BCUT2D eigenvalue weighted by molar-refractivity contribution is 0.101. The summed E-state index contributed by atoms with van der Waals surface area (Å²) in [6.45, 7) is 6.82. The van der Waals surface area contributed by atoms with E-state index in [1.807, 2.05) is 6.07 Å². The maximum Gasteiger partial charge on any atom is 0.159 e. The number of likely N-dealkylation sites (N-methyl/N-ethyl adjacent to an activating group) is 1. The van der Waals surface area contributed by atoms with Crippen molar-refractivity contribution in [2.24, 2.45) is 0 Å². The van der Waals surface area contributed by atoms with Crippen LogP contribution in [-0.2, 0) is 0 Å². The molecule has 1 atom stereocenters. The minimum absolute atomic E-state index is 0.0930. The highest BCUT2D eigenvalue weighted by atomic mass is 16.1. The third-order valence-electron chi connectivity index (χ3n) is 3.28. The van der Waals surface area contributed by atoms with E-state index in [9.17, 15) is 4.79 Å². The smallest absolute Gasteiger partial charge is 0.159 e. The van der Waals surface area contributed by atoms with Gasteiger partial charge in [0.1, 0.15) is 5.82 Å². The first-order valence-corrected chi connectivity index (χ1v) is 6.00.